The van der Waals surface area contributed by atoms with Gasteiger partial charge in [0.25, 0.3) is 0 Å². The quantitative estimate of drug-likeness (QED) is 0.409. The summed E-state index contributed by atoms with van der Waals surface area (Å²) in [5, 5.41) is 5.89. The first kappa shape index (κ1) is 24.8. The Morgan fingerprint density at radius 3 is 2.54 bits per heavy atom. The van der Waals surface area contributed by atoms with Crippen LogP contribution in [0.15, 0.2) is 57.8 Å². The molecule has 11 heteroatoms. The van der Waals surface area contributed by atoms with Crippen molar-refractivity contribution in [2.24, 2.45) is 4.99 Å². The number of amides is 1. The molecule has 3 aromatic rings. The highest BCUT2D eigenvalue weighted by atomic mass is 19.4. The Labute approximate surface area is 209 Å². The van der Waals surface area contributed by atoms with E-state index in [9.17, 15) is 22.4 Å². The average Bonchev–Trinajstić information content (AvgIpc) is 3.37. The van der Waals surface area contributed by atoms with Crippen LogP contribution in [0.2, 0.25) is 0 Å². The summed E-state index contributed by atoms with van der Waals surface area (Å²) < 4.78 is 59.3. The summed E-state index contributed by atoms with van der Waals surface area (Å²) in [7, 11) is 0. The highest BCUT2D eigenvalue weighted by Crippen LogP contribution is 2.59. The molecule has 3 heterocycles. The average molecular weight is 513 g/mol. The van der Waals surface area contributed by atoms with Crippen molar-refractivity contribution in [1.82, 2.24) is 15.1 Å². The second-order valence-corrected chi connectivity index (χ2v) is 9.12. The molecule has 1 fully saturated rings. The largest absolute Gasteiger partial charge is 0.401 e. The molecule has 0 radical (unpaired) electrons. The van der Waals surface area contributed by atoms with Gasteiger partial charge < -0.3 is 9.84 Å². The van der Waals surface area contributed by atoms with Crippen LogP contribution in [-0.2, 0) is 23.1 Å². The Kier molecular flexibility index (Phi) is 6.38. The molecule has 5 rings (SSSR count). The van der Waals surface area contributed by atoms with E-state index in [-0.39, 0.29) is 36.4 Å². The van der Waals surface area contributed by atoms with Gasteiger partial charge in [0, 0.05) is 36.2 Å². The van der Waals surface area contributed by atoms with E-state index in [4.69, 9.17) is 4.52 Å². The molecular formula is C26H23F4N5O2. The fraction of sp³-hybridized carbons (Fsp3) is 0.346. The minimum absolute atomic E-state index is 0.0862. The molecule has 1 aliphatic heterocycles. The van der Waals surface area contributed by atoms with Crippen LogP contribution in [0, 0.1) is 5.82 Å². The molecule has 7 nitrogen and oxygen atoms in total. The lowest BCUT2D eigenvalue weighted by atomic mass is 10.0. The van der Waals surface area contributed by atoms with E-state index >= 15 is 0 Å². The summed E-state index contributed by atoms with van der Waals surface area (Å²) in [6.45, 7) is 2.73. The second kappa shape index (κ2) is 9.53. The van der Waals surface area contributed by atoms with Gasteiger partial charge in [0.05, 0.1) is 13.0 Å². The summed E-state index contributed by atoms with van der Waals surface area (Å²) >= 11 is 0. The predicted molar refractivity (Wildman–Crippen MR) is 128 cm³/mol. The van der Waals surface area contributed by atoms with Crippen molar-refractivity contribution < 1.29 is 26.9 Å². The Hall–Kier alpha value is -3.89. The Balaban J connectivity index is 1.21. The maximum absolute atomic E-state index is 14.8. The van der Waals surface area contributed by atoms with Crippen molar-refractivity contribution >= 4 is 17.4 Å². The van der Waals surface area contributed by atoms with Crippen molar-refractivity contribution in [2.75, 3.05) is 11.9 Å². The molecule has 0 spiro atoms. The standard InChI is InChI=1S/C26H23F4N5O2/c1-2-20-17(5-8-31-20)10-22-32-13-18(14-33-22)15-3-4-16(19(27)9-15)11-24(36)34-23-12-21(37-35-23)25(6-7-25)26(28,29)30/h3-5,9,12-14H,2,6-8,10-11H2,1H3,(H,34,35,36). The number of carbonyl (C=O) groups excluding carboxylic acids is 1. The van der Waals surface area contributed by atoms with Crippen molar-refractivity contribution in [1.29, 1.82) is 0 Å². The lowest BCUT2D eigenvalue weighted by Crippen LogP contribution is -2.28. The summed E-state index contributed by atoms with van der Waals surface area (Å²) in [6, 6.07) is 5.49. The van der Waals surface area contributed by atoms with Gasteiger partial charge in [-0.05, 0) is 42.0 Å². The van der Waals surface area contributed by atoms with Gasteiger partial charge in [0.2, 0.25) is 5.91 Å². The molecule has 1 N–H and O–H groups in total. The monoisotopic (exact) mass is 513 g/mol. The van der Waals surface area contributed by atoms with E-state index in [1.807, 2.05) is 0 Å². The van der Waals surface area contributed by atoms with Crippen LogP contribution in [-0.4, -0.2) is 39.5 Å². The fourth-order valence-corrected chi connectivity index (χ4v) is 4.35. The SMILES string of the molecule is CCC1=NCC=C1Cc1ncc(-c2ccc(CC(=O)Nc3cc(C4(C(F)(F)F)CC4)on3)c(F)c2)cn1. The number of nitrogens with one attached hydrogen (secondary N) is 1. The van der Waals surface area contributed by atoms with E-state index in [0.29, 0.717) is 29.9 Å². The maximum atomic E-state index is 14.8. The number of hydrogen-bond acceptors (Lipinski definition) is 6. The number of rotatable bonds is 8. The molecule has 2 aromatic heterocycles. The molecule has 1 saturated carbocycles. The van der Waals surface area contributed by atoms with E-state index in [0.717, 1.165) is 23.8 Å². The minimum atomic E-state index is -4.45. The van der Waals surface area contributed by atoms with Crippen LogP contribution in [0.5, 0.6) is 0 Å². The number of allylic oxidation sites excluding steroid dienone is 1. The third kappa shape index (κ3) is 5.03. The Morgan fingerprint density at radius 2 is 1.89 bits per heavy atom. The van der Waals surface area contributed by atoms with Gasteiger partial charge in [0.1, 0.15) is 17.1 Å². The molecule has 1 aromatic carbocycles. The van der Waals surface area contributed by atoms with Crippen LogP contribution in [0.4, 0.5) is 23.4 Å². The number of aliphatic imine (C=N–C) groups is 1. The number of alkyl halides is 3. The van der Waals surface area contributed by atoms with Crippen LogP contribution < -0.4 is 5.32 Å². The zero-order valence-electron chi connectivity index (χ0n) is 19.9. The Bertz CT molecular complexity index is 1390. The third-order valence-electron chi connectivity index (χ3n) is 6.66. The van der Waals surface area contributed by atoms with Crippen molar-refractivity contribution in [3.05, 3.63) is 71.3 Å². The van der Waals surface area contributed by atoms with Crippen LogP contribution in [0.3, 0.4) is 0 Å². The summed E-state index contributed by atoms with van der Waals surface area (Å²) in [5.41, 5.74) is 1.44. The van der Waals surface area contributed by atoms with Crippen molar-refractivity contribution in [3.8, 4) is 11.1 Å². The van der Waals surface area contributed by atoms with E-state index in [2.05, 4.69) is 38.4 Å². The van der Waals surface area contributed by atoms with Gasteiger partial charge in [0.15, 0.2) is 11.6 Å². The number of anilines is 1. The fourth-order valence-electron chi connectivity index (χ4n) is 4.35. The molecule has 37 heavy (non-hydrogen) atoms. The van der Waals surface area contributed by atoms with Crippen LogP contribution in [0.25, 0.3) is 11.1 Å². The van der Waals surface area contributed by atoms with Gasteiger partial charge in [-0.2, -0.15) is 13.2 Å². The van der Waals surface area contributed by atoms with Crippen LogP contribution in [0.1, 0.15) is 43.3 Å². The molecule has 0 bridgehead atoms. The van der Waals surface area contributed by atoms with E-state index < -0.39 is 23.3 Å². The minimum Gasteiger partial charge on any atom is -0.358 e. The lowest BCUT2D eigenvalue weighted by Gasteiger charge is -2.14. The van der Waals surface area contributed by atoms with Crippen molar-refractivity contribution in [3.63, 3.8) is 0 Å². The van der Waals surface area contributed by atoms with Gasteiger partial charge >= 0.3 is 6.18 Å². The zero-order chi connectivity index (χ0) is 26.2. The highest BCUT2D eigenvalue weighted by Gasteiger charge is 2.66. The first-order chi connectivity index (χ1) is 17.7. The molecule has 0 saturated heterocycles. The summed E-state index contributed by atoms with van der Waals surface area (Å²) in [4.78, 5) is 25.6. The third-order valence-corrected chi connectivity index (χ3v) is 6.66. The molecule has 1 amide bonds. The molecule has 192 valence electrons. The summed E-state index contributed by atoms with van der Waals surface area (Å²) in [5.74, 6) is -1.07. The topological polar surface area (TPSA) is 93.3 Å². The lowest BCUT2D eigenvalue weighted by molar-refractivity contribution is -0.165. The molecule has 2 aliphatic rings. The first-order valence-electron chi connectivity index (χ1n) is 11.8. The first-order valence-corrected chi connectivity index (χ1v) is 11.8. The van der Waals surface area contributed by atoms with Gasteiger partial charge in [-0.3, -0.25) is 9.79 Å². The number of nitrogens with zero attached hydrogens (tertiary/aromatic N) is 4. The summed E-state index contributed by atoms with van der Waals surface area (Å²) in [6.07, 6.45) is 1.79. The van der Waals surface area contributed by atoms with Crippen LogP contribution >= 0.6 is 0 Å². The van der Waals surface area contributed by atoms with Gasteiger partial charge in [-0.25, -0.2) is 14.4 Å². The maximum Gasteiger partial charge on any atom is 0.401 e. The second-order valence-electron chi connectivity index (χ2n) is 9.12. The van der Waals surface area contributed by atoms with Gasteiger partial charge in [-0.1, -0.05) is 30.3 Å². The van der Waals surface area contributed by atoms with E-state index in [1.54, 1.807) is 18.5 Å². The number of carbonyl (C=O) groups is 1. The molecule has 0 atom stereocenters. The number of aromatic nitrogens is 3. The zero-order valence-corrected chi connectivity index (χ0v) is 19.9. The molecule has 1 aliphatic carbocycles. The molecule has 0 unspecified atom stereocenters. The normalized spacial score (nSPS) is 16.4. The highest BCUT2D eigenvalue weighted by molar-refractivity contribution is 6.01. The van der Waals surface area contributed by atoms with Crippen molar-refractivity contribution in [2.45, 2.75) is 50.6 Å². The predicted octanol–water partition coefficient (Wildman–Crippen LogP) is 5.38. The van der Waals surface area contributed by atoms with Gasteiger partial charge in [-0.15, -0.1) is 0 Å². The number of hydrogen-bond donors (Lipinski definition) is 1. The number of halogens is 4. The Morgan fingerprint density at radius 1 is 1.14 bits per heavy atom. The smallest absolute Gasteiger partial charge is 0.358 e. The molecular weight excluding hydrogens is 490 g/mol. The number of benzene rings is 1. The van der Waals surface area contributed by atoms with E-state index in [1.165, 1.54) is 12.1 Å².